The van der Waals surface area contributed by atoms with Gasteiger partial charge >= 0.3 is 0 Å². The summed E-state index contributed by atoms with van der Waals surface area (Å²) in [4.78, 5) is 18.5. The Morgan fingerprint density at radius 3 is 2.60 bits per heavy atom. The molecule has 1 aromatic heterocycles. The van der Waals surface area contributed by atoms with Gasteiger partial charge in [0.25, 0.3) is 5.91 Å². The molecule has 0 unspecified atom stereocenters. The Bertz CT molecular complexity index is 430. The largest absolute Gasteiger partial charge is 0.384 e. The van der Waals surface area contributed by atoms with E-state index in [1.54, 1.807) is 12.1 Å². The van der Waals surface area contributed by atoms with Gasteiger partial charge in [0.15, 0.2) is 0 Å². The second-order valence-corrected chi connectivity index (χ2v) is 4.76. The monoisotopic (exact) mass is 278 g/mol. The summed E-state index contributed by atoms with van der Waals surface area (Å²) in [6, 6.07) is 3.43. The smallest absolute Gasteiger partial charge is 0.251 e. The van der Waals surface area contributed by atoms with E-state index >= 15 is 0 Å². The van der Waals surface area contributed by atoms with Crippen LogP contribution < -0.4 is 11.1 Å². The van der Waals surface area contributed by atoms with Gasteiger partial charge in [0.2, 0.25) is 0 Å². The lowest BCUT2D eigenvalue weighted by Crippen LogP contribution is -2.30. The van der Waals surface area contributed by atoms with Crippen molar-refractivity contribution in [2.24, 2.45) is 0 Å². The third-order valence-electron chi connectivity index (χ3n) is 3.35. The van der Waals surface area contributed by atoms with Gasteiger partial charge in [0, 0.05) is 17.8 Å². The second kappa shape index (κ2) is 8.53. The zero-order valence-corrected chi connectivity index (χ0v) is 12.8. The fourth-order valence-electron chi connectivity index (χ4n) is 2.07. The number of carbonyl (C=O) groups excluding carboxylic acids is 1. The van der Waals surface area contributed by atoms with E-state index in [1.807, 2.05) is 6.92 Å². The molecule has 0 saturated carbocycles. The van der Waals surface area contributed by atoms with Gasteiger partial charge in [-0.2, -0.15) is 0 Å². The van der Waals surface area contributed by atoms with Gasteiger partial charge in [-0.25, -0.2) is 4.98 Å². The Morgan fingerprint density at radius 1 is 1.30 bits per heavy atom. The summed E-state index contributed by atoms with van der Waals surface area (Å²) >= 11 is 0. The van der Waals surface area contributed by atoms with Gasteiger partial charge < -0.3 is 16.0 Å². The van der Waals surface area contributed by atoms with Crippen molar-refractivity contribution in [3.05, 3.63) is 23.4 Å². The van der Waals surface area contributed by atoms with Crippen molar-refractivity contribution >= 4 is 11.7 Å². The quantitative estimate of drug-likeness (QED) is 0.710. The number of nitrogen functional groups attached to an aromatic ring is 1. The van der Waals surface area contributed by atoms with E-state index in [4.69, 9.17) is 5.73 Å². The number of hydrogen-bond donors (Lipinski definition) is 2. The lowest BCUT2D eigenvalue weighted by atomic mass is 10.2. The number of carbonyl (C=O) groups is 1. The standard InChI is InChI=1S/C15H26N4O/c1-4-13-10-12(11-14(16)18-13)15(20)17-8-7-9-19(5-2)6-3/h10-11H,4-9H2,1-3H3,(H2,16,18)(H,17,20). The Hall–Kier alpha value is -1.62. The van der Waals surface area contributed by atoms with E-state index in [1.165, 1.54) is 0 Å². The topological polar surface area (TPSA) is 71.2 Å². The van der Waals surface area contributed by atoms with Crippen molar-refractivity contribution < 1.29 is 4.79 Å². The van der Waals surface area contributed by atoms with Gasteiger partial charge in [0.05, 0.1) is 0 Å². The van der Waals surface area contributed by atoms with Crippen LogP contribution >= 0.6 is 0 Å². The number of anilines is 1. The molecule has 1 heterocycles. The number of pyridine rings is 1. The predicted octanol–water partition coefficient (Wildman–Crippen LogP) is 1.69. The summed E-state index contributed by atoms with van der Waals surface area (Å²) < 4.78 is 0. The molecule has 0 radical (unpaired) electrons. The van der Waals surface area contributed by atoms with Crippen molar-refractivity contribution in [1.29, 1.82) is 0 Å². The number of hydrogen-bond acceptors (Lipinski definition) is 4. The zero-order chi connectivity index (χ0) is 15.0. The Labute approximate surface area is 121 Å². The van der Waals surface area contributed by atoms with E-state index in [0.717, 1.165) is 38.2 Å². The van der Waals surface area contributed by atoms with Gasteiger partial charge in [0.1, 0.15) is 5.82 Å². The van der Waals surface area contributed by atoms with Crippen LogP contribution in [0.2, 0.25) is 0 Å². The van der Waals surface area contributed by atoms with Crippen LogP contribution in [0.15, 0.2) is 12.1 Å². The van der Waals surface area contributed by atoms with Crippen LogP contribution in [0.1, 0.15) is 43.2 Å². The summed E-state index contributed by atoms with van der Waals surface area (Å²) in [5.41, 5.74) is 7.15. The lowest BCUT2D eigenvalue weighted by Gasteiger charge is -2.17. The minimum absolute atomic E-state index is 0.0756. The highest BCUT2D eigenvalue weighted by molar-refractivity contribution is 5.94. The average Bonchev–Trinajstić information content (AvgIpc) is 2.46. The lowest BCUT2D eigenvalue weighted by molar-refractivity contribution is 0.0951. The van der Waals surface area contributed by atoms with Crippen molar-refractivity contribution in [3.63, 3.8) is 0 Å². The molecule has 1 aromatic rings. The summed E-state index contributed by atoms with van der Waals surface area (Å²) in [6.07, 6.45) is 1.72. The number of nitrogens with zero attached hydrogens (tertiary/aromatic N) is 2. The fraction of sp³-hybridized carbons (Fsp3) is 0.600. The van der Waals surface area contributed by atoms with Gasteiger partial charge in [-0.05, 0) is 44.6 Å². The van der Waals surface area contributed by atoms with Gasteiger partial charge in [-0.15, -0.1) is 0 Å². The minimum atomic E-state index is -0.0756. The van der Waals surface area contributed by atoms with E-state index in [9.17, 15) is 4.79 Å². The molecule has 0 aliphatic rings. The van der Waals surface area contributed by atoms with Crippen LogP contribution in [0, 0.1) is 0 Å². The molecule has 5 heteroatoms. The number of rotatable bonds is 8. The Kier molecular flexibility index (Phi) is 7.01. The number of aromatic nitrogens is 1. The first-order valence-electron chi connectivity index (χ1n) is 7.37. The van der Waals surface area contributed by atoms with E-state index in [-0.39, 0.29) is 5.91 Å². The highest BCUT2D eigenvalue weighted by atomic mass is 16.1. The number of amides is 1. The molecule has 5 nitrogen and oxygen atoms in total. The van der Waals surface area contributed by atoms with Crippen LogP contribution in [0.3, 0.4) is 0 Å². The van der Waals surface area contributed by atoms with Crippen molar-refractivity contribution in [1.82, 2.24) is 15.2 Å². The summed E-state index contributed by atoms with van der Waals surface area (Å²) in [5, 5.41) is 2.93. The molecule has 20 heavy (non-hydrogen) atoms. The maximum Gasteiger partial charge on any atom is 0.251 e. The second-order valence-electron chi connectivity index (χ2n) is 4.76. The first-order chi connectivity index (χ1) is 9.60. The Balaban J connectivity index is 2.45. The number of nitrogens with one attached hydrogen (secondary N) is 1. The molecule has 1 amide bonds. The molecule has 0 aromatic carbocycles. The third kappa shape index (κ3) is 5.17. The normalized spacial score (nSPS) is 10.8. The molecule has 0 aliphatic heterocycles. The molecule has 0 atom stereocenters. The van der Waals surface area contributed by atoms with E-state index in [0.29, 0.717) is 17.9 Å². The Morgan fingerprint density at radius 2 is 2.00 bits per heavy atom. The van der Waals surface area contributed by atoms with E-state index < -0.39 is 0 Å². The highest BCUT2D eigenvalue weighted by Crippen LogP contribution is 2.08. The van der Waals surface area contributed by atoms with Crippen molar-refractivity contribution in [2.75, 3.05) is 31.9 Å². The molecule has 0 spiro atoms. The van der Waals surface area contributed by atoms with Gasteiger partial charge in [-0.3, -0.25) is 4.79 Å². The summed E-state index contributed by atoms with van der Waals surface area (Å²) in [6.45, 7) is 10.1. The van der Waals surface area contributed by atoms with Crippen molar-refractivity contribution in [3.8, 4) is 0 Å². The molecular formula is C15H26N4O. The van der Waals surface area contributed by atoms with E-state index in [2.05, 4.69) is 29.0 Å². The average molecular weight is 278 g/mol. The molecule has 1 rings (SSSR count). The molecule has 3 N–H and O–H groups in total. The summed E-state index contributed by atoms with van der Waals surface area (Å²) in [7, 11) is 0. The summed E-state index contributed by atoms with van der Waals surface area (Å²) in [5.74, 6) is 0.325. The van der Waals surface area contributed by atoms with Crippen LogP contribution in [-0.4, -0.2) is 42.0 Å². The van der Waals surface area contributed by atoms with Crippen LogP contribution in [-0.2, 0) is 6.42 Å². The molecule has 0 fully saturated rings. The molecular weight excluding hydrogens is 252 g/mol. The highest BCUT2D eigenvalue weighted by Gasteiger charge is 2.08. The first kappa shape index (κ1) is 16.4. The number of aryl methyl sites for hydroxylation is 1. The molecule has 0 saturated heterocycles. The SMILES string of the molecule is CCc1cc(C(=O)NCCCN(CC)CC)cc(N)n1. The maximum atomic E-state index is 12.0. The van der Waals surface area contributed by atoms with Crippen molar-refractivity contribution in [2.45, 2.75) is 33.6 Å². The third-order valence-corrected chi connectivity index (χ3v) is 3.35. The predicted molar refractivity (Wildman–Crippen MR) is 82.8 cm³/mol. The van der Waals surface area contributed by atoms with Gasteiger partial charge in [-0.1, -0.05) is 20.8 Å². The fourth-order valence-corrected chi connectivity index (χ4v) is 2.07. The molecule has 0 aliphatic carbocycles. The van der Waals surface area contributed by atoms with Crippen LogP contribution in [0.5, 0.6) is 0 Å². The maximum absolute atomic E-state index is 12.0. The zero-order valence-electron chi connectivity index (χ0n) is 12.8. The molecule has 112 valence electrons. The number of nitrogens with two attached hydrogens (primary N) is 1. The minimum Gasteiger partial charge on any atom is -0.384 e. The first-order valence-corrected chi connectivity index (χ1v) is 7.37. The van der Waals surface area contributed by atoms with Crippen LogP contribution in [0.25, 0.3) is 0 Å². The van der Waals surface area contributed by atoms with Crippen LogP contribution in [0.4, 0.5) is 5.82 Å². The molecule has 0 bridgehead atoms.